The van der Waals surface area contributed by atoms with Crippen molar-refractivity contribution in [2.75, 3.05) is 32.7 Å². The molecule has 0 fully saturated rings. The minimum Gasteiger partial charge on any atom is -0.508 e. The zero-order valence-corrected chi connectivity index (χ0v) is 28.2. The number of carbonyl (C=O) groups excluding carboxylic acids is 5. The van der Waals surface area contributed by atoms with Gasteiger partial charge in [-0.05, 0) is 82.2 Å². The number of aromatic hydroxyl groups is 1. The van der Waals surface area contributed by atoms with Gasteiger partial charge in [0, 0.05) is 13.0 Å². The van der Waals surface area contributed by atoms with Crippen LogP contribution in [0.1, 0.15) is 56.9 Å². The van der Waals surface area contributed by atoms with Gasteiger partial charge in [0.2, 0.25) is 29.5 Å². The second kappa shape index (κ2) is 24.2. The van der Waals surface area contributed by atoms with Crippen LogP contribution in [-0.2, 0) is 35.2 Å². The number of aliphatic carboxylic acids is 1. The van der Waals surface area contributed by atoms with Gasteiger partial charge in [0.1, 0.15) is 36.5 Å². The van der Waals surface area contributed by atoms with Crippen molar-refractivity contribution in [3.8, 4) is 5.75 Å². The Bertz CT molecular complexity index is 1280. The molecule has 0 aliphatic rings. The fourth-order valence-corrected chi connectivity index (χ4v) is 4.73. The fourth-order valence-electron chi connectivity index (χ4n) is 4.73. The molecule has 0 radical (unpaired) electrons. The molecule has 50 heavy (non-hydrogen) atoms. The Labute approximate surface area is 290 Å². The average Bonchev–Trinajstić information content (AvgIpc) is 3.07. The number of phenolic OH excluding ortho intramolecular Hbond substituents is 1. The van der Waals surface area contributed by atoms with Crippen molar-refractivity contribution in [2.45, 2.75) is 82.0 Å². The lowest BCUT2D eigenvalue weighted by molar-refractivity contribution is -0.138. The van der Waals surface area contributed by atoms with Crippen molar-refractivity contribution in [3.63, 3.8) is 0 Å². The summed E-state index contributed by atoms with van der Waals surface area (Å²) in [5.41, 5.74) is 28.0. The van der Waals surface area contributed by atoms with Crippen molar-refractivity contribution in [1.29, 1.82) is 0 Å². The number of aliphatic imine (C=N–C) groups is 1. The summed E-state index contributed by atoms with van der Waals surface area (Å²) in [7, 11) is 0. The van der Waals surface area contributed by atoms with Gasteiger partial charge in [0.25, 0.3) is 0 Å². The van der Waals surface area contributed by atoms with Crippen LogP contribution < -0.4 is 55.3 Å². The third-order valence-corrected chi connectivity index (χ3v) is 7.37. The first-order chi connectivity index (χ1) is 23.8. The molecule has 0 saturated heterocycles. The van der Waals surface area contributed by atoms with E-state index in [4.69, 9.17) is 33.8 Å². The maximum absolute atomic E-state index is 13.7. The summed E-state index contributed by atoms with van der Waals surface area (Å²) in [5.74, 6) is -4.98. The number of unbranched alkanes of at least 4 members (excludes halogenated alkanes) is 2. The van der Waals surface area contributed by atoms with E-state index < -0.39 is 66.2 Å². The van der Waals surface area contributed by atoms with Crippen molar-refractivity contribution < 1.29 is 39.0 Å². The molecule has 0 heterocycles. The molecule has 19 heteroatoms. The van der Waals surface area contributed by atoms with Crippen LogP contribution in [0.15, 0.2) is 29.3 Å². The van der Waals surface area contributed by atoms with Crippen molar-refractivity contribution in [3.05, 3.63) is 29.8 Å². The van der Waals surface area contributed by atoms with E-state index in [1.807, 2.05) is 0 Å². The van der Waals surface area contributed by atoms with Crippen molar-refractivity contribution in [2.24, 2.45) is 33.7 Å². The topological polar surface area (TPSA) is 345 Å². The highest BCUT2D eigenvalue weighted by atomic mass is 16.4. The summed E-state index contributed by atoms with van der Waals surface area (Å²) >= 11 is 0. The van der Waals surface area contributed by atoms with Gasteiger partial charge in [0.05, 0.1) is 6.54 Å². The van der Waals surface area contributed by atoms with E-state index in [-0.39, 0.29) is 56.9 Å². The second-order valence-electron chi connectivity index (χ2n) is 11.5. The van der Waals surface area contributed by atoms with E-state index in [9.17, 15) is 33.9 Å². The van der Waals surface area contributed by atoms with Crippen LogP contribution in [0, 0.1) is 0 Å². The van der Waals surface area contributed by atoms with Gasteiger partial charge >= 0.3 is 5.97 Å². The molecule has 0 aliphatic carbocycles. The number of nitrogens with one attached hydrogen (secondary N) is 5. The molecule has 17 N–H and O–H groups in total. The van der Waals surface area contributed by atoms with Gasteiger partial charge in [-0.15, -0.1) is 0 Å². The lowest BCUT2D eigenvalue weighted by atomic mass is 10.0. The summed E-state index contributed by atoms with van der Waals surface area (Å²) in [6.07, 6.45) is 2.65. The Morgan fingerprint density at radius 2 is 1.14 bits per heavy atom. The van der Waals surface area contributed by atoms with E-state index in [0.717, 1.165) is 0 Å². The fraction of sp³-hybridized carbons (Fsp3) is 0.581. The number of rotatable bonds is 25. The first-order valence-corrected chi connectivity index (χ1v) is 16.4. The maximum atomic E-state index is 13.7. The van der Waals surface area contributed by atoms with Gasteiger partial charge in [-0.2, -0.15) is 0 Å². The Morgan fingerprint density at radius 1 is 0.660 bits per heavy atom. The molecular weight excluding hydrogens is 654 g/mol. The average molecular weight is 708 g/mol. The van der Waals surface area contributed by atoms with Crippen LogP contribution in [-0.4, -0.2) is 109 Å². The van der Waals surface area contributed by atoms with E-state index in [2.05, 4.69) is 31.6 Å². The highest BCUT2D eigenvalue weighted by Gasteiger charge is 2.31. The highest BCUT2D eigenvalue weighted by Crippen LogP contribution is 2.12. The number of phenols is 1. The van der Waals surface area contributed by atoms with Crippen molar-refractivity contribution in [1.82, 2.24) is 26.6 Å². The third-order valence-electron chi connectivity index (χ3n) is 7.37. The molecule has 280 valence electrons. The summed E-state index contributed by atoms with van der Waals surface area (Å²) < 4.78 is 0. The van der Waals surface area contributed by atoms with Crippen molar-refractivity contribution >= 4 is 41.5 Å². The van der Waals surface area contributed by atoms with Gasteiger partial charge in [-0.3, -0.25) is 33.8 Å². The molecule has 19 nitrogen and oxygen atoms in total. The summed E-state index contributed by atoms with van der Waals surface area (Å²) in [5, 5.41) is 31.4. The van der Waals surface area contributed by atoms with Gasteiger partial charge in [0.15, 0.2) is 5.96 Å². The van der Waals surface area contributed by atoms with Gasteiger partial charge in [-0.25, -0.2) is 0 Å². The SMILES string of the molecule is NCCCCC(NC(=O)CN)C(=O)NC(CCCCN)C(=O)NC(CCCN=C(N)N)C(=O)NC(Cc1ccc(O)cc1)C(=O)NCC(=O)O. The number of hydrogen-bond acceptors (Lipinski definition) is 11. The van der Waals surface area contributed by atoms with Crippen LogP contribution in [0.4, 0.5) is 0 Å². The molecule has 0 aliphatic heterocycles. The number of carboxylic acids is 1. The van der Waals surface area contributed by atoms with Crippen LogP contribution >= 0.6 is 0 Å². The largest absolute Gasteiger partial charge is 0.508 e. The Balaban J connectivity index is 3.31. The van der Waals surface area contributed by atoms with Gasteiger partial charge in [-0.1, -0.05) is 12.1 Å². The van der Waals surface area contributed by atoms with Gasteiger partial charge < -0.3 is 65.5 Å². The molecular formula is C31H53N11O8. The van der Waals surface area contributed by atoms with Crippen LogP contribution in [0.2, 0.25) is 0 Å². The molecule has 0 saturated carbocycles. The summed E-state index contributed by atoms with van der Waals surface area (Å²) in [4.78, 5) is 80.8. The molecule has 1 aromatic rings. The molecule has 1 aromatic carbocycles. The zero-order valence-electron chi connectivity index (χ0n) is 28.2. The summed E-state index contributed by atoms with van der Waals surface area (Å²) in [6, 6.07) is 1.18. The number of carbonyl (C=O) groups is 6. The predicted molar refractivity (Wildman–Crippen MR) is 185 cm³/mol. The number of carboxylic acid groups (broad SMARTS) is 1. The standard InChI is InChI=1S/C31H53N11O8/c32-13-3-1-6-21(39-25(44)17-34)28(48)40-22(7-2-4-14-33)29(49)41-23(8-5-15-37-31(35)36)30(50)42-24(27(47)38-18-26(45)46)16-19-9-11-20(43)12-10-19/h9-12,21-24,43H,1-8,13-18,32-34H2,(H,38,47)(H,39,44)(H,40,48)(H,41,49)(H,42,50)(H,45,46)(H4,35,36,37). The zero-order chi connectivity index (χ0) is 37.5. The number of amides is 5. The Kier molecular flexibility index (Phi) is 20.8. The lowest BCUT2D eigenvalue weighted by Crippen LogP contribution is -2.58. The predicted octanol–water partition coefficient (Wildman–Crippen LogP) is -3.66. The normalized spacial score (nSPS) is 13.1. The lowest BCUT2D eigenvalue weighted by Gasteiger charge is -2.26. The minimum absolute atomic E-state index is 0.00870. The Hall–Kier alpha value is -5.01. The van der Waals surface area contributed by atoms with Crippen LogP contribution in [0.25, 0.3) is 0 Å². The number of nitrogens with zero attached hydrogens (tertiary/aromatic N) is 1. The molecule has 5 amide bonds. The molecule has 4 atom stereocenters. The van der Waals surface area contributed by atoms with E-state index >= 15 is 0 Å². The number of benzene rings is 1. The first kappa shape index (κ1) is 43.0. The second-order valence-corrected chi connectivity index (χ2v) is 11.5. The molecule has 0 bridgehead atoms. The molecule has 0 spiro atoms. The van der Waals surface area contributed by atoms with E-state index in [1.165, 1.54) is 24.3 Å². The van der Waals surface area contributed by atoms with Crippen LogP contribution in [0.5, 0.6) is 5.75 Å². The highest BCUT2D eigenvalue weighted by molar-refractivity contribution is 5.96. The quantitative estimate of drug-likeness (QED) is 0.0265. The number of nitrogens with two attached hydrogens (primary N) is 5. The van der Waals surface area contributed by atoms with E-state index in [0.29, 0.717) is 44.3 Å². The van der Waals surface area contributed by atoms with Crippen LogP contribution in [0.3, 0.4) is 0 Å². The first-order valence-electron chi connectivity index (χ1n) is 16.4. The number of hydrogen-bond donors (Lipinski definition) is 12. The molecule has 0 aromatic heterocycles. The minimum atomic E-state index is -1.30. The maximum Gasteiger partial charge on any atom is 0.322 e. The summed E-state index contributed by atoms with van der Waals surface area (Å²) in [6.45, 7) is -0.228. The smallest absolute Gasteiger partial charge is 0.322 e. The Morgan fingerprint density at radius 3 is 1.60 bits per heavy atom. The monoisotopic (exact) mass is 707 g/mol. The number of guanidine groups is 1. The third kappa shape index (κ3) is 17.9. The molecule has 1 rings (SSSR count). The van der Waals surface area contributed by atoms with E-state index in [1.54, 1.807) is 0 Å². The molecule has 4 unspecified atom stereocenters.